The smallest absolute Gasteiger partial charge is 0.321 e. The molecule has 8 heteroatoms. The van der Waals surface area contributed by atoms with Gasteiger partial charge in [-0.25, -0.2) is 9.78 Å². The number of carboxylic acid groups (broad SMARTS) is 1. The van der Waals surface area contributed by atoms with E-state index in [4.69, 9.17) is 9.84 Å². The third-order valence-electron chi connectivity index (χ3n) is 2.37. The number of nitrogens with one attached hydrogen (secondary N) is 2. The Morgan fingerprint density at radius 3 is 3.11 bits per heavy atom. The topological polar surface area (TPSA) is 101 Å². The van der Waals surface area contributed by atoms with Gasteiger partial charge in [0, 0.05) is 12.0 Å². The number of aliphatic carboxylic acids is 1. The molecular formula is C10H13N3O4S. The zero-order valence-corrected chi connectivity index (χ0v) is 10.3. The van der Waals surface area contributed by atoms with Crippen molar-refractivity contribution >= 4 is 28.5 Å². The Balaban J connectivity index is 1.82. The molecule has 1 aromatic heterocycles. The summed E-state index contributed by atoms with van der Waals surface area (Å²) in [5, 5.41) is 15.9. The molecule has 0 aliphatic carbocycles. The highest BCUT2D eigenvalue weighted by molar-refractivity contribution is 7.13. The van der Waals surface area contributed by atoms with Crippen LogP contribution in [0.1, 0.15) is 12.1 Å². The first-order valence-electron chi connectivity index (χ1n) is 5.45. The molecule has 18 heavy (non-hydrogen) atoms. The summed E-state index contributed by atoms with van der Waals surface area (Å²) in [7, 11) is 0. The number of aromatic nitrogens is 1. The maximum atomic E-state index is 11.6. The van der Waals surface area contributed by atoms with E-state index in [1.165, 1.54) is 11.3 Å². The molecule has 0 radical (unpaired) electrons. The fraction of sp³-hybridized carbons (Fsp3) is 0.500. The average Bonchev–Trinajstić information content (AvgIpc) is 2.89. The van der Waals surface area contributed by atoms with Gasteiger partial charge in [0.15, 0.2) is 5.13 Å². The highest BCUT2D eigenvalue weighted by Gasteiger charge is 2.18. The van der Waals surface area contributed by atoms with Crippen LogP contribution in [0, 0.1) is 0 Å². The molecule has 1 aliphatic heterocycles. The molecule has 1 fully saturated rings. The van der Waals surface area contributed by atoms with Crippen LogP contribution in [0.2, 0.25) is 0 Å². The normalized spacial score (nSPS) is 18.6. The van der Waals surface area contributed by atoms with Crippen molar-refractivity contribution in [2.24, 2.45) is 0 Å². The molecule has 98 valence electrons. The number of nitrogens with zero attached hydrogens (tertiary/aromatic N) is 1. The van der Waals surface area contributed by atoms with Gasteiger partial charge in [-0.1, -0.05) is 0 Å². The molecule has 1 aromatic rings. The first kappa shape index (κ1) is 12.8. The molecule has 7 nitrogen and oxygen atoms in total. The molecule has 0 saturated carbocycles. The quantitative estimate of drug-likeness (QED) is 0.747. The molecular weight excluding hydrogens is 258 g/mol. The van der Waals surface area contributed by atoms with Crippen molar-refractivity contribution in [3.8, 4) is 0 Å². The van der Waals surface area contributed by atoms with Gasteiger partial charge in [-0.3, -0.25) is 10.1 Å². The van der Waals surface area contributed by atoms with Crippen LogP contribution < -0.4 is 10.6 Å². The van der Waals surface area contributed by atoms with Crippen LogP contribution in [0.25, 0.3) is 0 Å². The van der Waals surface area contributed by atoms with Crippen molar-refractivity contribution in [2.45, 2.75) is 18.9 Å². The van der Waals surface area contributed by atoms with E-state index in [0.29, 0.717) is 24.0 Å². The van der Waals surface area contributed by atoms with E-state index in [2.05, 4.69) is 15.6 Å². The van der Waals surface area contributed by atoms with Gasteiger partial charge >= 0.3 is 12.0 Å². The van der Waals surface area contributed by atoms with Gasteiger partial charge in [-0.15, -0.1) is 11.3 Å². The van der Waals surface area contributed by atoms with Crippen LogP contribution in [0.4, 0.5) is 9.93 Å². The summed E-state index contributed by atoms with van der Waals surface area (Å²) in [5.74, 6) is -0.945. The Hall–Kier alpha value is -1.67. The third kappa shape index (κ3) is 3.67. The monoisotopic (exact) mass is 271 g/mol. The number of amides is 2. The molecule has 0 aromatic carbocycles. The first-order valence-corrected chi connectivity index (χ1v) is 6.33. The van der Waals surface area contributed by atoms with Gasteiger partial charge in [-0.2, -0.15) is 0 Å². The van der Waals surface area contributed by atoms with Gasteiger partial charge < -0.3 is 15.2 Å². The summed E-state index contributed by atoms with van der Waals surface area (Å²) in [4.78, 5) is 26.1. The third-order valence-corrected chi connectivity index (χ3v) is 3.18. The number of carbonyl (C=O) groups excluding carboxylic acids is 1. The number of carbonyl (C=O) groups is 2. The van der Waals surface area contributed by atoms with E-state index in [1.54, 1.807) is 5.38 Å². The number of anilines is 1. The van der Waals surface area contributed by atoms with Gasteiger partial charge in [0.25, 0.3) is 0 Å². The lowest BCUT2D eigenvalue weighted by atomic mass is 10.3. The van der Waals surface area contributed by atoms with Crippen LogP contribution in [0.15, 0.2) is 5.38 Å². The van der Waals surface area contributed by atoms with E-state index in [1.807, 2.05) is 0 Å². The van der Waals surface area contributed by atoms with Crippen LogP contribution in [0.3, 0.4) is 0 Å². The van der Waals surface area contributed by atoms with Crippen molar-refractivity contribution in [2.75, 3.05) is 18.5 Å². The standard InChI is InChI=1S/C10H13N3O4S/c14-8(15)3-7-5-18-10(12-7)13-9(16)11-6-1-2-17-4-6/h5-6H,1-4H2,(H,14,15)(H2,11,12,13,16). The number of ether oxygens (including phenoxy) is 1. The van der Waals surface area contributed by atoms with Crippen molar-refractivity contribution in [3.05, 3.63) is 11.1 Å². The molecule has 1 saturated heterocycles. The number of urea groups is 1. The lowest BCUT2D eigenvalue weighted by Gasteiger charge is -2.09. The van der Waals surface area contributed by atoms with Gasteiger partial charge in [-0.05, 0) is 6.42 Å². The first-order chi connectivity index (χ1) is 8.63. The summed E-state index contributed by atoms with van der Waals surface area (Å²) in [6.45, 7) is 1.18. The van der Waals surface area contributed by atoms with Gasteiger partial charge in [0.1, 0.15) is 0 Å². The number of thiazole rings is 1. The minimum Gasteiger partial charge on any atom is -0.481 e. The fourth-order valence-corrected chi connectivity index (χ4v) is 2.27. The SMILES string of the molecule is O=C(O)Cc1csc(NC(=O)NC2CCOC2)n1. The second-order valence-corrected chi connectivity index (χ2v) is 4.73. The zero-order chi connectivity index (χ0) is 13.0. The van der Waals surface area contributed by atoms with Crippen molar-refractivity contribution in [3.63, 3.8) is 0 Å². The minimum atomic E-state index is -0.945. The van der Waals surface area contributed by atoms with E-state index < -0.39 is 5.97 Å². The molecule has 2 heterocycles. The van der Waals surface area contributed by atoms with E-state index in [9.17, 15) is 9.59 Å². The second-order valence-electron chi connectivity index (χ2n) is 3.87. The van der Waals surface area contributed by atoms with Crippen molar-refractivity contribution < 1.29 is 19.4 Å². The Morgan fingerprint density at radius 2 is 2.44 bits per heavy atom. The summed E-state index contributed by atoms with van der Waals surface area (Å²) in [6.07, 6.45) is 0.659. The highest BCUT2D eigenvalue weighted by atomic mass is 32.1. The molecule has 2 rings (SSSR count). The number of hydrogen-bond donors (Lipinski definition) is 3. The molecule has 2 amide bonds. The van der Waals surface area contributed by atoms with E-state index >= 15 is 0 Å². The Labute approximate surface area is 107 Å². The fourth-order valence-electron chi connectivity index (χ4n) is 1.57. The summed E-state index contributed by atoms with van der Waals surface area (Å²) < 4.78 is 5.14. The summed E-state index contributed by atoms with van der Waals surface area (Å²) in [5.41, 5.74) is 0.437. The average molecular weight is 271 g/mol. The van der Waals surface area contributed by atoms with Crippen molar-refractivity contribution in [1.82, 2.24) is 10.3 Å². The number of rotatable bonds is 4. The van der Waals surface area contributed by atoms with Gasteiger partial charge in [0.2, 0.25) is 0 Å². The zero-order valence-electron chi connectivity index (χ0n) is 9.51. The molecule has 3 N–H and O–H groups in total. The summed E-state index contributed by atoms with van der Waals surface area (Å²) >= 11 is 1.20. The Kier molecular flexibility index (Phi) is 4.11. The maximum absolute atomic E-state index is 11.6. The van der Waals surface area contributed by atoms with Crippen LogP contribution >= 0.6 is 11.3 Å². The largest absolute Gasteiger partial charge is 0.481 e. The Bertz CT molecular complexity index is 442. The minimum absolute atomic E-state index is 0.0310. The number of hydrogen-bond acceptors (Lipinski definition) is 5. The molecule has 1 aliphatic rings. The van der Waals surface area contributed by atoms with Gasteiger partial charge in [0.05, 0.1) is 24.8 Å². The van der Waals surface area contributed by atoms with Crippen molar-refractivity contribution in [1.29, 1.82) is 0 Å². The van der Waals surface area contributed by atoms with Crippen LogP contribution in [-0.2, 0) is 16.0 Å². The van der Waals surface area contributed by atoms with Crippen LogP contribution in [0.5, 0.6) is 0 Å². The Morgan fingerprint density at radius 1 is 1.61 bits per heavy atom. The molecule has 1 unspecified atom stereocenters. The predicted molar refractivity (Wildman–Crippen MR) is 64.8 cm³/mol. The highest BCUT2D eigenvalue weighted by Crippen LogP contribution is 2.15. The van der Waals surface area contributed by atoms with E-state index in [-0.39, 0.29) is 18.5 Å². The lowest BCUT2D eigenvalue weighted by Crippen LogP contribution is -2.38. The van der Waals surface area contributed by atoms with E-state index in [0.717, 1.165) is 6.42 Å². The number of carboxylic acids is 1. The van der Waals surface area contributed by atoms with Crippen LogP contribution in [-0.4, -0.2) is 41.3 Å². The molecule has 0 spiro atoms. The summed E-state index contributed by atoms with van der Waals surface area (Å²) in [6, 6.07) is -0.315. The lowest BCUT2D eigenvalue weighted by molar-refractivity contribution is -0.136. The predicted octanol–water partition coefficient (Wildman–Crippen LogP) is 0.681. The maximum Gasteiger partial charge on any atom is 0.321 e. The molecule has 0 bridgehead atoms. The second kappa shape index (κ2) is 5.78. The molecule has 1 atom stereocenters.